The van der Waals surface area contributed by atoms with E-state index in [1.54, 1.807) is 10.3 Å². The molecule has 2 saturated heterocycles. The summed E-state index contributed by atoms with van der Waals surface area (Å²) in [6.45, 7) is 7.25. The molecule has 4 heterocycles. The number of ether oxygens (including phenoxy) is 1. The van der Waals surface area contributed by atoms with Crippen molar-refractivity contribution in [3.63, 3.8) is 0 Å². The first kappa shape index (κ1) is 28.6. The summed E-state index contributed by atoms with van der Waals surface area (Å²) in [4.78, 5) is 47.4. The summed E-state index contributed by atoms with van der Waals surface area (Å²) in [5, 5.41) is 13.5. The fourth-order valence-electron chi connectivity index (χ4n) is 5.68. The standard InChI is InChI=1S/C29H35ClN4O5S/c1-28(2,3)39-27(37)33-12-9-20(21(15-33)19-7-5-4-6-8-19)25(35)32-13-10-29(38,11-14-32)17-34-18-31-23-22(26(34)36)16-40-24(23)30/h4-8,16,18,20-21,38H,9-15,17H2,1-3H3/t20-,21+/m1/s1. The number of benzene rings is 1. The number of hydrogen-bond donors (Lipinski definition) is 1. The van der Waals surface area contributed by atoms with E-state index in [9.17, 15) is 19.5 Å². The van der Waals surface area contributed by atoms with E-state index in [0.717, 1.165) is 5.56 Å². The van der Waals surface area contributed by atoms with Crippen molar-refractivity contribution in [2.45, 2.75) is 63.7 Å². The van der Waals surface area contributed by atoms with Crippen molar-refractivity contribution >= 4 is 45.8 Å². The average molecular weight is 587 g/mol. The second kappa shape index (κ2) is 11.1. The van der Waals surface area contributed by atoms with Gasteiger partial charge in [0, 0.05) is 43.4 Å². The number of carbonyl (C=O) groups is 2. The van der Waals surface area contributed by atoms with Gasteiger partial charge in [-0.15, -0.1) is 11.3 Å². The third kappa shape index (κ3) is 6.04. The molecule has 1 aromatic carbocycles. The predicted octanol–water partition coefficient (Wildman–Crippen LogP) is 4.51. The number of amides is 2. The molecule has 2 fully saturated rings. The van der Waals surface area contributed by atoms with Crippen molar-refractivity contribution < 1.29 is 19.4 Å². The van der Waals surface area contributed by atoms with Crippen LogP contribution in [0.25, 0.3) is 10.9 Å². The molecule has 9 nitrogen and oxygen atoms in total. The van der Waals surface area contributed by atoms with E-state index in [0.29, 0.717) is 60.7 Å². The van der Waals surface area contributed by atoms with Crippen LogP contribution < -0.4 is 5.56 Å². The largest absolute Gasteiger partial charge is 0.444 e. The van der Waals surface area contributed by atoms with Crippen molar-refractivity contribution in [1.29, 1.82) is 0 Å². The first-order valence-electron chi connectivity index (χ1n) is 13.6. The second-order valence-corrected chi connectivity index (χ2v) is 13.3. The minimum Gasteiger partial charge on any atom is -0.444 e. The van der Waals surface area contributed by atoms with Crippen LogP contribution in [-0.4, -0.2) is 73.8 Å². The van der Waals surface area contributed by atoms with Crippen LogP contribution in [0, 0.1) is 5.92 Å². The molecule has 0 spiro atoms. The Morgan fingerprint density at radius 2 is 1.85 bits per heavy atom. The van der Waals surface area contributed by atoms with Gasteiger partial charge >= 0.3 is 6.09 Å². The van der Waals surface area contributed by atoms with Crippen molar-refractivity contribution in [1.82, 2.24) is 19.4 Å². The Hall–Kier alpha value is -2.95. The van der Waals surface area contributed by atoms with E-state index in [-0.39, 0.29) is 35.9 Å². The van der Waals surface area contributed by atoms with Crippen molar-refractivity contribution in [3.05, 3.63) is 62.3 Å². The Labute approximate surface area is 242 Å². The van der Waals surface area contributed by atoms with Gasteiger partial charge in [0.15, 0.2) is 0 Å². The summed E-state index contributed by atoms with van der Waals surface area (Å²) in [6.07, 6.45) is 2.29. The Morgan fingerprint density at radius 3 is 2.52 bits per heavy atom. The third-order valence-corrected chi connectivity index (χ3v) is 9.02. The molecule has 214 valence electrons. The Kier molecular flexibility index (Phi) is 7.96. The minimum absolute atomic E-state index is 0.0351. The number of fused-ring (bicyclic) bond motifs is 1. The van der Waals surface area contributed by atoms with E-state index >= 15 is 0 Å². The number of aliphatic hydroxyl groups is 1. The maximum atomic E-state index is 13.8. The molecule has 2 atom stereocenters. The summed E-state index contributed by atoms with van der Waals surface area (Å²) in [7, 11) is 0. The van der Waals surface area contributed by atoms with Crippen LogP contribution in [0.15, 0.2) is 46.8 Å². The van der Waals surface area contributed by atoms with Crippen LogP contribution in [0.5, 0.6) is 0 Å². The second-order valence-electron chi connectivity index (χ2n) is 11.8. The molecule has 40 heavy (non-hydrogen) atoms. The van der Waals surface area contributed by atoms with Gasteiger partial charge in [0.2, 0.25) is 5.91 Å². The molecule has 0 radical (unpaired) electrons. The summed E-state index contributed by atoms with van der Waals surface area (Å²) in [5.74, 6) is -0.414. The van der Waals surface area contributed by atoms with Gasteiger partial charge in [-0.1, -0.05) is 41.9 Å². The van der Waals surface area contributed by atoms with Crippen molar-refractivity contribution in [2.24, 2.45) is 5.92 Å². The lowest BCUT2D eigenvalue weighted by Gasteiger charge is -2.43. The molecule has 11 heteroatoms. The Bertz CT molecular complexity index is 1440. The first-order chi connectivity index (χ1) is 18.9. The highest BCUT2D eigenvalue weighted by molar-refractivity contribution is 7.16. The lowest BCUT2D eigenvalue weighted by atomic mass is 9.79. The molecule has 2 aliphatic rings. The lowest BCUT2D eigenvalue weighted by molar-refractivity contribution is -0.142. The highest BCUT2D eigenvalue weighted by Crippen LogP contribution is 2.36. The molecule has 2 aromatic heterocycles. The molecular weight excluding hydrogens is 552 g/mol. The van der Waals surface area contributed by atoms with Gasteiger partial charge < -0.3 is 19.6 Å². The van der Waals surface area contributed by atoms with Gasteiger partial charge in [-0.2, -0.15) is 0 Å². The van der Waals surface area contributed by atoms with Gasteiger partial charge in [0.05, 0.1) is 23.9 Å². The SMILES string of the molecule is CC(C)(C)OC(=O)N1CC[C@@H](C(=O)N2CCC(O)(Cn3cnc4c(Cl)scc4c3=O)CC2)[C@H](c2ccccc2)C1. The average Bonchev–Trinajstić information content (AvgIpc) is 3.30. The number of halogens is 1. The third-order valence-electron chi connectivity index (χ3n) is 7.82. The summed E-state index contributed by atoms with van der Waals surface area (Å²) < 4.78 is 7.51. The fraction of sp³-hybridized carbons (Fsp3) is 0.517. The highest BCUT2D eigenvalue weighted by atomic mass is 35.5. The van der Waals surface area contributed by atoms with Gasteiger partial charge in [0.25, 0.3) is 5.56 Å². The fourth-order valence-corrected chi connectivity index (χ4v) is 6.67. The summed E-state index contributed by atoms with van der Waals surface area (Å²) in [5.41, 5.74) is -0.471. The number of nitrogens with zero attached hydrogens (tertiary/aromatic N) is 4. The van der Waals surface area contributed by atoms with Crippen molar-refractivity contribution in [3.8, 4) is 0 Å². The van der Waals surface area contributed by atoms with Crippen molar-refractivity contribution in [2.75, 3.05) is 26.2 Å². The molecular formula is C29H35ClN4O5S. The van der Waals surface area contributed by atoms with Gasteiger partial charge in [-0.25, -0.2) is 9.78 Å². The predicted molar refractivity (Wildman–Crippen MR) is 155 cm³/mol. The molecule has 5 rings (SSSR count). The molecule has 0 unspecified atom stereocenters. The van der Waals surface area contributed by atoms with Crippen LogP contribution in [0.2, 0.25) is 4.34 Å². The quantitative estimate of drug-likeness (QED) is 0.482. The Balaban J connectivity index is 1.27. The lowest BCUT2D eigenvalue weighted by Crippen LogP contribution is -2.53. The summed E-state index contributed by atoms with van der Waals surface area (Å²) in [6, 6.07) is 9.83. The van der Waals surface area contributed by atoms with E-state index in [1.807, 2.05) is 56.0 Å². The van der Waals surface area contributed by atoms with Gasteiger partial charge in [-0.05, 0) is 45.6 Å². The number of thiophene rings is 1. The summed E-state index contributed by atoms with van der Waals surface area (Å²) >= 11 is 7.38. The van der Waals surface area contributed by atoms with Gasteiger partial charge in [-0.3, -0.25) is 14.2 Å². The van der Waals surface area contributed by atoms with Crippen LogP contribution in [0.3, 0.4) is 0 Å². The van der Waals surface area contributed by atoms with Crippen LogP contribution in [0.1, 0.15) is 51.5 Å². The maximum absolute atomic E-state index is 13.8. The molecule has 0 bridgehead atoms. The molecule has 0 aliphatic carbocycles. The van der Waals surface area contributed by atoms with E-state index in [1.165, 1.54) is 22.2 Å². The highest BCUT2D eigenvalue weighted by Gasteiger charge is 2.42. The topological polar surface area (TPSA) is 105 Å². The van der Waals surface area contributed by atoms with Gasteiger partial charge in [0.1, 0.15) is 15.5 Å². The minimum atomic E-state index is -1.13. The smallest absolute Gasteiger partial charge is 0.410 e. The monoisotopic (exact) mass is 586 g/mol. The number of likely N-dealkylation sites (tertiary alicyclic amines) is 2. The maximum Gasteiger partial charge on any atom is 0.410 e. The number of rotatable bonds is 4. The zero-order valence-electron chi connectivity index (χ0n) is 23.0. The van der Waals surface area contributed by atoms with E-state index < -0.39 is 11.2 Å². The number of carbonyl (C=O) groups excluding carboxylic acids is 2. The van der Waals surface area contributed by atoms with E-state index in [2.05, 4.69) is 4.98 Å². The molecule has 2 amide bonds. The molecule has 2 aliphatic heterocycles. The Morgan fingerprint density at radius 1 is 1.15 bits per heavy atom. The number of hydrogen-bond acceptors (Lipinski definition) is 7. The van der Waals surface area contributed by atoms with E-state index in [4.69, 9.17) is 16.3 Å². The normalized spacial score (nSPS) is 21.4. The zero-order chi connectivity index (χ0) is 28.7. The molecule has 1 N–H and O–H groups in total. The molecule has 3 aromatic rings. The first-order valence-corrected chi connectivity index (χ1v) is 14.9. The zero-order valence-corrected chi connectivity index (χ0v) is 24.6. The van der Waals surface area contributed by atoms with Crippen LogP contribution >= 0.6 is 22.9 Å². The van der Waals surface area contributed by atoms with Crippen LogP contribution in [-0.2, 0) is 16.1 Å². The van der Waals surface area contributed by atoms with Crippen LogP contribution in [0.4, 0.5) is 4.79 Å². The molecule has 0 saturated carbocycles. The number of aromatic nitrogens is 2. The number of piperidine rings is 2.